The van der Waals surface area contributed by atoms with Crippen LogP contribution in [0.2, 0.25) is 0 Å². The van der Waals surface area contributed by atoms with E-state index in [4.69, 9.17) is 0 Å². The molecule has 2 rings (SSSR count). The van der Waals surface area contributed by atoms with E-state index in [0.717, 1.165) is 0 Å². The maximum Gasteiger partial charge on any atom is 0.00285 e. The number of rotatable bonds is 10. The second-order valence-corrected chi connectivity index (χ2v) is 13.4. The minimum Gasteiger partial charge on any atom is -0.0850 e. The number of hydrogen-bond acceptors (Lipinski definition) is 0. The molecule has 0 N–H and O–H groups in total. The second-order valence-electron chi connectivity index (χ2n) is 13.4. The van der Waals surface area contributed by atoms with E-state index in [1.54, 1.807) is 0 Å². The van der Waals surface area contributed by atoms with Crippen molar-refractivity contribution in [3.8, 4) is 0 Å². The Morgan fingerprint density at radius 1 is 0.550 bits per heavy atom. The van der Waals surface area contributed by atoms with Crippen molar-refractivity contribution in [3.63, 3.8) is 0 Å². The predicted octanol–water partition coefficient (Wildman–Crippen LogP) is 12.3. The van der Waals surface area contributed by atoms with Gasteiger partial charge in [0.25, 0.3) is 0 Å². The average Bonchev–Trinajstić information content (AvgIpc) is 2.85. The highest BCUT2D eigenvalue weighted by molar-refractivity contribution is 5.33. The largest absolute Gasteiger partial charge is 0.0850 e. The molecule has 0 aromatic heterocycles. The fourth-order valence-corrected chi connectivity index (χ4v) is 5.80. The minimum absolute atomic E-state index is 0.343. The molecule has 40 heavy (non-hydrogen) atoms. The third-order valence-electron chi connectivity index (χ3n) is 8.54. The molecule has 0 heterocycles. The van der Waals surface area contributed by atoms with Gasteiger partial charge in [-0.3, -0.25) is 0 Å². The van der Waals surface area contributed by atoms with Crippen LogP contribution in [-0.4, -0.2) is 0 Å². The molecular formula is C40H56. The zero-order valence-corrected chi connectivity index (χ0v) is 27.2. The van der Waals surface area contributed by atoms with Gasteiger partial charge in [-0.1, -0.05) is 158 Å². The van der Waals surface area contributed by atoms with Crippen molar-refractivity contribution in [2.75, 3.05) is 0 Å². The van der Waals surface area contributed by atoms with E-state index in [-0.39, 0.29) is 0 Å². The summed E-state index contributed by atoms with van der Waals surface area (Å²) in [6.07, 6.45) is 40.6. The van der Waals surface area contributed by atoms with Crippen LogP contribution in [0.3, 0.4) is 0 Å². The molecule has 0 nitrogen and oxygen atoms in total. The van der Waals surface area contributed by atoms with Crippen LogP contribution in [0.1, 0.15) is 94.9 Å². The third kappa shape index (κ3) is 11.3. The van der Waals surface area contributed by atoms with E-state index in [1.807, 2.05) is 0 Å². The Balaban J connectivity index is 1.87. The zero-order valence-electron chi connectivity index (χ0n) is 27.2. The van der Waals surface area contributed by atoms with Crippen LogP contribution >= 0.6 is 0 Å². The number of allylic oxidation sites excluding steroid dienone is 22. The Bertz CT molecular complexity index is 1090. The normalized spacial score (nSPS) is 25.1. The summed E-state index contributed by atoms with van der Waals surface area (Å²) < 4.78 is 0. The van der Waals surface area contributed by atoms with Crippen LogP contribution in [0.15, 0.2) is 131 Å². The monoisotopic (exact) mass is 536 g/mol. The lowest BCUT2D eigenvalue weighted by molar-refractivity contribution is 0.255. The lowest BCUT2D eigenvalue weighted by atomic mass is 9.68. The maximum absolute atomic E-state index is 2.40. The molecule has 0 spiro atoms. The molecule has 2 aliphatic rings. The summed E-state index contributed by atoms with van der Waals surface area (Å²) in [6.45, 7) is 22.7. The Labute approximate surface area is 247 Å². The molecule has 0 aromatic carbocycles. The van der Waals surface area contributed by atoms with Crippen LogP contribution < -0.4 is 0 Å². The maximum atomic E-state index is 2.40. The van der Waals surface area contributed by atoms with Gasteiger partial charge >= 0.3 is 0 Å². The lowest BCUT2D eigenvalue weighted by Crippen LogP contribution is -2.26. The minimum atomic E-state index is 0.343. The first-order valence-corrected chi connectivity index (χ1v) is 15.2. The average molecular weight is 537 g/mol. The van der Waals surface area contributed by atoms with Crippen LogP contribution in [0.4, 0.5) is 0 Å². The molecule has 0 amide bonds. The summed E-state index contributed by atoms with van der Waals surface area (Å²) in [6, 6.07) is 0. The molecule has 0 aromatic rings. The van der Waals surface area contributed by atoms with Crippen molar-refractivity contribution < 1.29 is 0 Å². The van der Waals surface area contributed by atoms with Crippen LogP contribution in [-0.2, 0) is 0 Å². The standard InChI is InChI=1S/C40H56/c1-31(19-13-21-33(3)25-27-37-35(5)23-15-29-39(37,7)8)17-11-12-18-32(2)20-14-22-34(4)26-28-38-36(6)24-16-30-40(38,9)10/h11-14,17-28,37-38H,15-16,29-30H2,1-10H3/b12-11+,19-13+,20-14+,27-25+,28-26+,31-17+,32-18+,33-21+,34-22+/t37-,38-/m1/s1. The van der Waals surface area contributed by atoms with Crippen LogP contribution in [0.25, 0.3) is 0 Å². The van der Waals surface area contributed by atoms with Crippen LogP contribution in [0.5, 0.6) is 0 Å². The van der Waals surface area contributed by atoms with Crippen molar-refractivity contribution in [2.45, 2.75) is 94.9 Å². The van der Waals surface area contributed by atoms with Crippen molar-refractivity contribution in [1.29, 1.82) is 0 Å². The summed E-state index contributed by atoms with van der Waals surface area (Å²) in [7, 11) is 0. The van der Waals surface area contributed by atoms with Crippen molar-refractivity contribution in [2.24, 2.45) is 22.7 Å². The highest BCUT2D eigenvalue weighted by Crippen LogP contribution is 2.42. The first kappa shape index (κ1) is 33.3. The molecule has 0 bridgehead atoms. The van der Waals surface area contributed by atoms with Gasteiger partial charge in [0.2, 0.25) is 0 Å². The Kier molecular flexibility index (Phi) is 13.2. The van der Waals surface area contributed by atoms with E-state index < -0.39 is 0 Å². The van der Waals surface area contributed by atoms with Crippen molar-refractivity contribution in [3.05, 3.63) is 131 Å². The van der Waals surface area contributed by atoms with Crippen molar-refractivity contribution in [1.82, 2.24) is 0 Å². The molecule has 2 aliphatic carbocycles. The van der Waals surface area contributed by atoms with E-state index in [1.165, 1.54) is 59.1 Å². The summed E-state index contributed by atoms with van der Waals surface area (Å²) in [5.41, 5.74) is 8.72. The van der Waals surface area contributed by atoms with E-state index in [9.17, 15) is 0 Å². The van der Waals surface area contributed by atoms with Gasteiger partial charge in [0.15, 0.2) is 0 Å². The summed E-state index contributed by atoms with van der Waals surface area (Å²) in [5.74, 6) is 1.06. The number of hydrogen-bond donors (Lipinski definition) is 0. The SMILES string of the molecule is CC1=CCCC(C)(C)[C@@H]1/C=C/C(C)=C/C=C/C(C)=C/C=C/C=C(C)/C=C/C=C(C)/C=C/[C@@H]1C(C)=CCCC1(C)C. The van der Waals surface area contributed by atoms with Gasteiger partial charge < -0.3 is 0 Å². The summed E-state index contributed by atoms with van der Waals surface area (Å²) in [4.78, 5) is 0. The highest BCUT2D eigenvalue weighted by Gasteiger charge is 2.31. The molecular weight excluding hydrogens is 480 g/mol. The second kappa shape index (κ2) is 15.8. The topological polar surface area (TPSA) is 0 Å². The van der Waals surface area contributed by atoms with Gasteiger partial charge in [-0.2, -0.15) is 0 Å². The van der Waals surface area contributed by atoms with Gasteiger partial charge in [-0.15, -0.1) is 0 Å². The Hall–Kier alpha value is -2.86. The molecule has 0 heteroatoms. The van der Waals surface area contributed by atoms with Gasteiger partial charge in [0.1, 0.15) is 0 Å². The molecule has 0 unspecified atom stereocenters. The molecule has 216 valence electrons. The van der Waals surface area contributed by atoms with Gasteiger partial charge in [0.05, 0.1) is 0 Å². The highest BCUT2D eigenvalue weighted by atomic mass is 14.4. The van der Waals surface area contributed by atoms with Gasteiger partial charge in [-0.05, 0) is 78.1 Å². The molecule has 0 fully saturated rings. The molecule has 0 radical (unpaired) electrons. The molecule has 2 atom stereocenters. The molecule has 0 aliphatic heterocycles. The van der Waals surface area contributed by atoms with E-state index >= 15 is 0 Å². The zero-order chi connectivity index (χ0) is 29.8. The summed E-state index contributed by atoms with van der Waals surface area (Å²) >= 11 is 0. The summed E-state index contributed by atoms with van der Waals surface area (Å²) in [5, 5.41) is 0. The van der Waals surface area contributed by atoms with Gasteiger partial charge in [-0.25, -0.2) is 0 Å². The quantitative estimate of drug-likeness (QED) is 0.192. The Morgan fingerprint density at radius 3 is 1.23 bits per heavy atom. The smallest absolute Gasteiger partial charge is 0.00285 e. The van der Waals surface area contributed by atoms with Gasteiger partial charge in [0, 0.05) is 11.8 Å². The molecule has 0 saturated heterocycles. The predicted molar refractivity (Wildman–Crippen MR) is 181 cm³/mol. The van der Waals surface area contributed by atoms with Crippen molar-refractivity contribution >= 4 is 0 Å². The fraction of sp³-hybridized carbons (Fsp3) is 0.450. The molecule has 0 saturated carbocycles. The first-order valence-electron chi connectivity index (χ1n) is 15.2. The fourth-order valence-electron chi connectivity index (χ4n) is 5.80. The van der Waals surface area contributed by atoms with Crippen LogP contribution in [0, 0.1) is 22.7 Å². The van der Waals surface area contributed by atoms with E-state index in [0.29, 0.717) is 22.7 Å². The third-order valence-corrected chi connectivity index (χ3v) is 8.54. The van der Waals surface area contributed by atoms with E-state index in [2.05, 4.69) is 166 Å². The Morgan fingerprint density at radius 2 is 0.875 bits per heavy atom. The lowest BCUT2D eigenvalue weighted by Gasteiger charge is -2.36. The first-order chi connectivity index (χ1) is 18.8.